The van der Waals surface area contributed by atoms with Gasteiger partial charge in [0.1, 0.15) is 42.3 Å². The largest absolute Gasteiger partial charge is 0.481 e. The summed E-state index contributed by atoms with van der Waals surface area (Å²) in [4.78, 5) is 200. The third-order valence-corrected chi connectivity index (χ3v) is 11.9. The Bertz CT molecular complexity index is 3430. The summed E-state index contributed by atoms with van der Waals surface area (Å²) in [5.41, 5.74) is 9.23. The minimum absolute atomic E-state index is 0.0665. The summed E-state index contributed by atoms with van der Waals surface area (Å²) in [6, 6.07) is -17.3. The Labute approximate surface area is 500 Å². The Morgan fingerprint density at radius 1 is 0.460 bits per heavy atom. The van der Waals surface area contributed by atoms with Gasteiger partial charge in [0.05, 0.1) is 23.9 Å². The van der Waals surface area contributed by atoms with Crippen LogP contribution in [0.4, 0.5) is 17.5 Å². The molecule has 37 nitrogen and oxygen atoms in total. The molecule has 7 amide bonds. The molecule has 0 spiro atoms. The van der Waals surface area contributed by atoms with Crippen molar-refractivity contribution < 1.29 is 122 Å². The molecule has 3 rings (SSSR count). The zero-order chi connectivity index (χ0) is 71.2. The van der Waals surface area contributed by atoms with Crippen molar-refractivity contribution in [1.29, 1.82) is 0 Å². The highest BCUT2D eigenvalue weighted by atomic mass is 16.4. The van der Waals surface area contributed by atoms with Gasteiger partial charge in [0.25, 0.3) is 5.91 Å². The molecule has 19 N–H and O–H groups in total. The Morgan fingerprint density at radius 3 is 1.07 bits per heavy atom. The first-order valence-electron chi connectivity index (χ1n) is 29.0. The average Bonchev–Trinajstić information content (AvgIpc) is 0.787. The van der Waals surface area contributed by atoms with Gasteiger partial charge in [-0.1, -0.05) is 0 Å². The Kier molecular flexibility index (Phi) is 23.2. The fourth-order valence-corrected chi connectivity index (χ4v) is 7.41. The maximum absolute atomic E-state index is 13.5. The van der Waals surface area contributed by atoms with Crippen LogP contribution in [-0.2, 0) is 73.7 Å². The van der Waals surface area contributed by atoms with Crippen LogP contribution >= 0.6 is 0 Å². The van der Waals surface area contributed by atoms with Crippen LogP contribution in [0.3, 0.4) is 0 Å². The topological polar surface area (TPSA) is 609 Å². The average molecular weight is 1240 g/mol. The molecule has 2 aromatic heterocycles. The van der Waals surface area contributed by atoms with Crippen LogP contribution in [0.1, 0.15) is 116 Å². The minimum Gasteiger partial charge on any atom is -0.481 e. The lowest BCUT2D eigenvalue weighted by Crippen LogP contribution is -2.46. The first kappa shape index (κ1) is 59.3. The van der Waals surface area contributed by atoms with E-state index in [1.165, 1.54) is 0 Å². The number of hydrogen-bond donors (Lipinski definition) is 17. The van der Waals surface area contributed by atoms with Crippen molar-refractivity contribution in [2.45, 2.75) is 139 Å². The number of carboxylic acid groups (broad SMARTS) is 8. The summed E-state index contributed by atoms with van der Waals surface area (Å²) < 4.78 is 58.7. The maximum Gasteiger partial charge on any atom is 0.326 e. The van der Waals surface area contributed by atoms with E-state index in [0.29, 0.717) is 4.90 Å². The van der Waals surface area contributed by atoms with E-state index in [0.717, 1.165) is 6.20 Å². The van der Waals surface area contributed by atoms with Gasteiger partial charge in [-0.25, -0.2) is 43.5 Å². The molecular formula is C50H64N14O23. The van der Waals surface area contributed by atoms with E-state index < -0.39 is 270 Å². The van der Waals surface area contributed by atoms with Gasteiger partial charge in [-0.15, -0.1) is 0 Å². The van der Waals surface area contributed by atoms with E-state index in [9.17, 15) is 108 Å². The molecule has 0 saturated carbocycles. The van der Waals surface area contributed by atoms with Crippen molar-refractivity contribution in [1.82, 2.24) is 57.2 Å². The number of nitrogens with zero attached hydrogens (tertiary/aromatic N) is 5. The number of carboxylic acids is 8. The summed E-state index contributed by atoms with van der Waals surface area (Å²) >= 11 is 0. The number of nitrogen functional groups attached to an aromatic ring is 2. The van der Waals surface area contributed by atoms with E-state index in [4.69, 9.17) is 26.2 Å². The highest BCUT2D eigenvalue weighted by Crippen LogP contribution is 2.19. The number of carbonyl (C=O) groups is 15. The van der Waals surface area contributed by atoms with Crippen molar-refractivity contribution in [2.24, 2.45) is 0 Å². The molecule has 37 heteroatoms. The summed E-state index contributed by atoms with van der Waals surface area (Å²) in [5, 5.41) is 90.3. The Morgan fingerprint density at radius 2 is 0.770 bits per heavy atom. The molecule has 1 aromatic carbocycles. The predicted molar refractivity (Wildman–Crippen MR) is 291 cm³/mol. The van der Waals surface area contributed by atoms with Gasteiger partial charge in [0.2, 0.25) is 41.4 Å². The van der Waals surface area contributed by atoms with Crippen LogP contribution in [0.2, 0.25) is 0 Å². The van der Waals surface area contributed by atoms with Crippen molar-refractivity contribution >= 4 is 118 Å². The van der Waals surface area contributed by atoms with Crippen molar-refractivity contribution in [2.75, 3.05) is 23.3 Å². The van der Waals surface area contributed by atoms with Crippen molar-refractivity contribution in [3.8, 4) is 0 Å². The molecule has 0 unspecified atom stereocenters. The highest BCUT2D eigenvalue weighted by molar-refractivity contribution is 5.97. The molecule has 0 aliphatic heterocycles. The maximum atomic E-state index is 13.5. The number of aromatic nitrogens is 4. The molecule has 0 aliphatic rings. The van der Waals surface area contributed by atoms with Gasteiger partial charge in [0, 0.05) is 67.3 Å². The van der Waals surface area contributed by atoms with Gasteiger partial charge >= 0.3 is 47.8 Å². The van der Waals surface area contributed by atoms with E-state index in [-0.39, 0.29) is 28.6 Å². The molecular weight excluding hydrogens is 1160 g/mol. The summed E-state index contributed by atoms with van der Waals surface area (Å²) in [6.07, 6.45) is -8.91. The van der Waals surface area contributed by atoms with Gasteiger partial charge in [-0.3, -0.25) is 38.4 Å². The molecule has 2 heterocycles. The zero-order valence-electron chi connectivity index (χ0n) is 52.3. The van der Waals surface area contributed by atoms with Crippen LogP contribution < -0.4 is 53.6 Å². The molecule has 3 aromatic rings. The lowest BCUT2D eigenvalue weighted by molar-refractivity contribution is -0.144. The first-order chi connectivity index (χ1) is 43.7. The smallest absolute Gasteiger partial charge is 0.326 e. The standard InChI is InChI=1S/C50H64N14O23/c1-64(21-23-20-53-41-39(54-23)40(51)62-50(52)63-41)24-4-2-22(3-5-24)42(73)61-31(49(86)87)11-18-37(70)59-29(47(82)83)9-16-35(68)57-27(45(78)79)7-14-33(66)55-25(43(74)75)6-13-32(65)56-26(44(76)77)8-15-34(67)58-28(46(80)81)10-17-36(69)60-30(48(84)85)12-19-38(71)72/h2-5,20,25-31H,6-19,21H2,1H3,(H,55,66)(H,56,65)(H,57,68)(H,58,67)(H,59,70)(H,60,69)(H,61,73)(H,71,72)(H,74,75)(H,76,77)(H,78,79)(H,80,81)(H,82,83)(H,84,85)(H,86,87)(H4,51,52,53,62,63)/t25-,26-,27-,28-,29-,30-,31-/m0/s1/i1D3,2D,3D,4D,5D. The molecule has 0 bridgehead atoms. The normalized spacial score (nSPS) is 14.6. The summed E-state index contributed by atoms with van der Waals surface area (Å²) in [6.45, 7) is -3.95. The number of nitrogens with two attached hydrogens (primary N) is 2. The van der Waals surface area contributed by atoms with Crippen LogP contribution in [0.15, 0.2) is 30.4 Å². The number of benzene rings is 1. The van der Waals surface area contributed by atoms with Crippen molar-refractivity contribution in [3.63, 3.8) is 0 Å². The molecule has 87 heavy (non-hydrogen) atoms. The van der Waals surface area contributed by atoms with Crippen LogP contribution in [0, 0.1) is 0 Å². The lowest BCUT2D eigenvalue weighted by atomic mass is 10.1. The third kappa shape index (κ3) is 24.8. The van der Waals surface area contributed by atoms with Crippen LogP contribution in [0.25, 0.3) is 11.2 Å². The summed E-state index contributed by atoms with van der Waals surface area (Å²) in [7, 11) is 0. The molecule has 0 saturated heterocycles. The molecule has 7 atom stereocenters. The number of hydrogen-bond acceptors (Lipinski definition) is 22. The van der Waals surface area contributed by atoms with Crippen LogP contribution in [-0.4, -0.2) is 199 Å². The monoisotopic (exact) mass is 1240 g/mol. The number of nitrogens with one attached hydrogen (secondary N) is 7. The highest BCUT2D eigenvalue weighted by Gasteiger charge is 2.30. The lowest BCUT2D eigenvalue weighted by Gasteiger charge is -2.20. The van der Waals surface area contributed by atoms with Gasteiger partial charge in [-0.2, -0.15) is 9.97 Å². The van der Waals surface area contributed by atoms with Gasteiger partial charge in [0.15, 0.2) is 17.0 Å². The summed E-state index contributed by atoms with van der Waals surface area (Å²) in [5.74, 6) is -21.9. The van der Waals surface area contributed by atoms with E-state index in [1.54, 1.807) is 0 Å². The fourth-order valence-electron chi connectivity index (χ4n) is 7.41. The van der Waals surface area contributed by atoms with E-state index in [1.807, 2.05) is 37.2 Å². The number of carbonyl (C=O) groups excluding carboxylic acids is 7. The number of fused-ring (bicyclic) bond motifs is 1. The zero-order valence-corrected chi connectivity index (χ0v) is 45.3. The second-order valence-electron chi connectivity index (χ2n) is 18.6. The molecule has 0 aliphatic carbocycles. The SMILES string of the molecule is [2H]c1c([2H])c(N(Cc2cnc3nc(N)nc(N)c3n2)C([2H])([2H])[2H])c([2H])c([2H])c1C(=O)N[C@@H](CCC(=O)N[C@@H](CCC(=O)N[C@@H](CCC(=O)N[C@@H](CCC(=O)N[C@@H](CCC(=O)N[C@@H](CCC(=O)N[C@@H](CCC(=O)O)C(=O)O)C(=O)O)C(=O)O)C(=O)O)C(=O)O)C(=O)O)C(=O)O. The Balaban J connectivity index is 1.53. The van der Waals surface area contributed by atoms with E-state index in [2.05, 4.69) is 19.9 Å². The second kappa shape index (κ2) is 34.0. The second-order valence-corrected chi connectivity index (χ2v) is 18.6. The number of anilines is 3. The minimum atomic E-state index is -3.20. The van der Waals surface area contributed by atoms with Crippen LogP contribution in [0.5, 0.6) is 0 Å². The predicted octanol–water partition coefficient (Wildman–Crippen LogP) is -3.63. The first-order valence-corrected chi connectivity index (χ1v) is 25.5. The number of aliphatic carboxylic acids is 8. The van der Waals surface area contributed by atoms with Gasteiger partial charge < -0.3 is 94.4 Å². The third-order valence-electron chi connectivity index (χ3n) is 11.9. The van der Waals surface area contributed by atoms with E-state index >= 15 is 0 Å². The molecule has 0 fully saturated rings. The van der Waals surface area contributed by atoms with Gasteiger partial charge in [-0.05, 0) is 69.1 Å². The van der Waals surface area contributed by atoms with Crippen molar-refractivity contribution in [3.05, 3.63) is 41.6 Å². The molecule has 472 valence electrons. The number of rotatable bonds is 39. The quantitative estimate of drug-likeness (QED) is 0.0262. The number of amides is 7. The molecule has 0 radical (unpaired) electrons. The fraction of sp³-hybridized carbons (Fsp3) is 0.460. The Hall–Kier alpha value is -10.9.